The van der Waals surface area contributed by atoms with Crippen molar-refractivity contribution < 1.29 is 14.2 Å². The highest BCUT2D eigenvalue weighted by atomic mass is 79.9. The third-order valence-corrected chi connectivity index (χ3v) is 6.95. The maximum Gasteiger partial charge on any atom is 0.231 e. The van der Waals surface area contributed by atoms with Crippen LogP contribution in [0.3, 0.4) is 0 Å². The normalized spacial score (nSPS) is 18.3. The molecule has 146 valence electrons. The topological polar surface area (TPSA) is 39.7 Å². The van der Waals surface area contributed by atoms with Gasteiger partial charge in [0.15, 0.2) is 11.5 Å². The Morgan fingerprint density at radius 1 is 1.11 bits per heavy atom. The number of nitrogens with one attached hydrogen (secondary N) is 1. The zero-order valence-corrected chi connectivity index (χ0v) is 17.8. The van der Waals surface area contributed by atoms with Crippen molar-refractivity contribution >= 4 is 27.3 Å². The van der Waals surface area contributed by atoms with Gasteiger partial charge in [-0.05, 0) is 59.6 Å². The molecule has 0 amide bonds. The maximum atomic E-state index is 6.42. The fourth-order valence-electron chi connectivity index (χ4n) is 3.81. The summed E-state index contributed by atoms with van der Waals surface area (Å²) in [5.74, 6) is 2.24. The molecule has 4 nitrogen and oxygen atoms in total. The molecule has 0 saturated heterocycles. The highest BCUT2D eigenvalue weighted by molar-refractivity contribution is 9.11. The second-order valence-electron chi connectivity index (χ2n) is 7.17. The molecule has 1 N–H and O–H groups in total. The summed E-state index contributed by atoms with van der Waals surface area (Å²) in [4.78, 5) is 1.22. The average molecular weight is 452 g/mol. The summed E-state index contributed by atoms with van der Waals surface area (Å²) in [5.41, 5.74) is 0. The molecule has 1 saturated carbocycles. The summed E-state index contributed by atoms with van der Waals surface area (Å²) in [7, 11) is 0. The lowest BCUT2D eigenvalue weighted by Crippen LogP contribution is -2.30. The number of halogens is 1. The van der Waals surface area contributed by atoms with Crippen molar-refractivity contribution in [2.45, 2.75) is 57.1 Å². The first-order valence-corrected chi connectivity index (χ1v) is 11.4. The molecule has 2 aliphatic rings. The third kappa shape index (κ3) is 4.98. The van der Waals surface area contributed by atoms with E-state index in [4.69, 9.17) is 14.2 Å². The minimum Gasteiger partial charge on any atom is -0.481 e. The van der Waals surface area contributed by atoms with Crippen molar-refractivity contribution in [3.05, 3.63) is 39.0 Å². The van der Waals surface area contributed by atoms with Crippen LogP contribution in [-0.2, 0) is 0 Å². The van der Waals surface area contributed by atoms with E-state index in [2.05, 4.69) is 33.4 Å². The van der Waals surface area contributed by atoms with Gasteiger partial charge in [-0.25, -0.2) is 0 Å². The predicted octanol–water partition coefficient (Wildman–Crippen LogP) is 6.06. The van der Waals surface area contributed by atoms with Crippen LogP contribution in [0.4, 0.5) is 0 Å². The van der Waals surface area contributed by atoms with E-state index in [1.807, 2.05) is 18.2 Å². The summed E-state index contributed by atoms with van der Waals surface area (Å²) in [6.45, 7) is 1.21. The third-order valence-electron chi connectivity index (χ3n) is 5.24. The Hall–Kier alpha value is -1.24. The zero-order valence-electron chi connectivity index (χ0n) is 15.4. The van der Waals surface area contributed by atoms with Gasteiger partial charge < -0.3 is 19.5 Å². The SMILES string of the molecule is Brc1ccc([C@H](CCNC2CCCCCC2)Oc2cccc3c2OCO3)s1. The minimum absolute atomic E-state index is 0.00437. The molecule has 1 aliphatic carbocycles. The minimum atomic E-state index is -0.00437. The van der Waals surface area contributed by atoms with Gasteiger partial charge in [0.25, 0.3) is 0 Å². The standard InChI is InChI=1S/C21H26BrNO3S/c22-20-11-10-19(27-20)16(12-13-23-15-6-3-1-2-4-7-15)26-18-9-5-8-17-21(18)25-14-24-17/h5,8-11,15-16,23H,1-4,6-7,12-14H2/t16-/m0/s1. The molecule has 1 fully saturated rings. The van der Waals surface area contributed by atoms with E-state index in [1.54, 1.807) is 11.3 Å². The Labute approximate surface area is 173 Å². The van der Waals surface area contributed by atoms with Crippen LogP contribution < -0.4 is 19.5 Å². The maximum absolute atomic E-state index is 6.42. The van der Waals surface area contributed by atoms with E-state index in [0.717, 1.165) is 34.0 Å². The van der Waals surface area contributed by atoms with Gasteiger partial charge in [-0.2, -0.15) is 0 Å². The van der Waals surface area contributed by atoms with Gasteiger partial charge >= 0.3 is 0 Å². The molecular formula is C21H26BrNO3S. The first-order valence-electron chi connectivity index (χ1n) is 9.83. The molecule has 2 aromatic rings. The van der Waals surface area contributed by atoms with Gasteiger partial charge in [0.05, 0.1) is 3.79 Å². The number of ether oxygens (including phenoxy) is 3. The highest BCUT2D eigenvalue weighted by Crippen LogP contribution is 2.43. The summed E-state index contributed by atoms with van der Waals surface area (Å²) in [5, 5.41) is 3.76. The number of benzene rings is 1. The second kappa shape index (κ2) is 9.30. The van der Waals surface area contributed by atoms with Gasteiger partial charge in [-0.15, -0.1) is 11.3 Å². The molecule has 6 heteroatoms. The van der Waals surface area contributed by atoms with Crippen LogP contribution in [0.5, 0.6) is 17.2 Å². The van der Waals surface area contributed by atoms with Crippen LogP contribution >= 0.6 is 27.3 Å². The molecule has 1 aromatic heterocycles. The van der Waals surface area contributed by atoms with E-state index >= 15 is 0 Å². The van der Waals surface area contributed by atoms with Gasteiger partial charge in [0.1, 0.15) is 6.10 Å². The Balaban J connectivity index is 1.42. The monoisotopic (exact) mass is 451 g/mol. The fourth-order valence-corrected chi connectivity index (χ4v) is 5.30. The van der Waals surface area contributed by atoms with Crippen LogP contribution in [-0.4, -0.2) is 19.4 Å². The zero-order chi connectivity index (χ0) is 18.5. The second-order valence-corrected chi connectivity index (χ2v) is 9.66. The number of para-hydroxylation sites is 1. The number of hydrogen-bond acceptors (Lipinski definition) is 5. The van der Waals surface area contributed by atoms with Crippen LogP contribution in [0.25, 0.3) is 0 Å². The first kappa shape index (κ1) is 19.1. The summed E-state index contributed by atoms with van der Waals surface area (Å²) in [6.07, 6.45) is 8.99. The van der Waals surface area contributed by atoms with Crippen LogP contribution in [0.2, 0.25) is 0 Å². The van der Waals surface area contributed by atoms with Crippen LogP contribution in [0.1, 0.15) is 55.9 Å². The van der Waals surface area contributed by atoms with E-state index in [9.17, 15) is 0 Å². The van der Waals surface area contributed by atoms with Crippen LogP contribution in [0, 0.1) is 0 Å². The van der Waals surface area contributed by atoms with Crippen molar-refractivity contribution in [3.63, 3.8) is 0 Å². The molecule has 1 atom stereocenters. The van der Waals surface area contributed by atoms with E-state index in [1.165, 1.54) is 43.4 Å². The van der Waals surface area contributed by atoms with Gasteiger partial charge in [-0.3, -0.25) is 0 Å². The van der Waals surface area contributed by atoms with Crippen molar-refractivity contribution in [1.82, 2.24) is 5.32 Å². The Kier molecular flexibility index (Phi) is 6.58. The largest absolute Gasteiger partial charge is 0.481 e. The lowest BCUT2D eigenvalue weighted by atomic mass is 10.1. The van der Waals surface area contributed by atoms with E-state index in [0.29, 0.717) is 6.04 Å². The Morgan fingerprint density at radius 2 is 1.96 bits per heavy atom. The summed E-state index contributed by atoms with van der Waals surface area (Å²) < 4.78 is 18.6. The molecule has 0 unspecified atom stereocenters. The Morgan fingerprint density at radius 3 is 2.74 bits per heavy atom. The molecule has 0 bridgehead atoms. The van der Waals surface area contributed by atoms with Crippen molar-refractivity contribution in [3.8, 4) is 17.2 Å². The van der Waals surface area contributed by atoms with Crippen LogP contribution in [0.15, 0.2) is 34.1 Å². The number of fused-ring (bicyclic) bond motifs is 1. The average Bonchev–Trinajstić information content (AvgIpc) is 3.25. The van der Waals surface area contributed by atoms with Crippen molar-refractivity contribution in [1.29, 1.82) is 0 Å². The highest BCUT2D eigenvalue weighted by Gasteiger charge is 2.23. The van der Waals surface area contributed by atoms with Gasteiger partial charge in [-0.1, -0.05) is 31.7 Å². The molecule has 27 heavy (non-hydrogen) atoms. The number of rotatable bonds is 7. The van der Waals surface area contributed by atoms with Gasteiger partial charge in [0.2, 0.25) is 12.5 Å². The molecule has 0 spiro atoms. The van der Waals surface area contributed by atoms with Crippen molar-refractivity contribution in [2.75, 3.05) is 13.3 Å². The van der Waals surface area contributed by atoms with Crippen molar-refractivity contribution in [2.24, 2.45) is 0 Å². The van der Waals surface area contributed by atoms with Gasteiger partial charge in [0, 0.05) is 17.3 Å². The molecule has 4 rings (SSSR count). The lowest BCUT2D eigenvalue weighted by Gasteiger charge is -2.21. The Bertz CT molecular complexity index is 743. The quantitative estimate of drug-likeness (QED) is 0.519. The first-order chi connectivity index (χ1) is 13.3. The smallest absolute Gasteiger partial charge is 0.231 e. The molecule has 0 radical (unpaired) electrons. The summed E-state index contributed by atoms with van der Waals surface area (Å²) >= 11 is 5.31. The molecule has 1 aliphatic heterocycles. The number of hydrogen-bond donors (Lipinski definition) is 1. The molecule has 2 heterocycles. The lowest BCUT2D eigenvalue weighted by molar-refractivity contribution is 0.158. The molecular weight excluding hydrogens is 426 g/mol. The predicted molar refractivity (Wildman–Crippen MR) is 112 cm³/mol. The van der Waals surface area contributed by atoms with E-state index < -0.39 is 0 Å². The number of thiophene rings is 1. The summed E-state index contributed by atoms with van der Waals surface area (Å²) in [6, 6.07) is 10.7. The fraction of sp³-hybridized carbons (Fsp3) is 0.524. The molecule has 1 aromatic carbocycles. The van der Waals surface area contributed by atoms with E-state index in [-0.39, 0.29) is 12.9 Å².